The largest absolute Gasteiger partial charge is 0.456 e. The first kappa shape index (κ1) is 27.5. The second-order valence-electron chi connectivity index (χ2n) is 9.84. The number of hydrogen-bond acceptors (Lipinski definition) is 6. The lowest BCUT2D eigenvalue weighted by Gasteiger charge is -2.19. The average Bonchev–Trinajstić information content (AvgIpc) is 2.88. The van der Waals surface area contributed by atoms with E-state index in [1.807, 2.05) is 0 Å². The summed E-state index contributed by atoms with van der Waals surface area (Å²) in [5, 5.41) is 2.77. The second-order valence-corrected chi connectivity index (χ2v) is 9.84. The van der Waals surface area contributed by atoms with E-state index in [0.29, 0.717) is 16.6 Å². The number of hydrogen-bond donors (Lipinski definition) is 1. The van der Waals surface area contributed by atoms with Gasteiger partial charge in [-0.15, -0.1) is 0 Å². The fourth-order valence-corrected chi connectivity index (χ4v) is 3.66. The zero-order valence-electron chi connectivity index (χ0n) is 21.4. The zero-order valence-corrected chi connectivity index (χ0v) is 21.4. The summed E-state index contributed by atoms with van der Waals surface area (Å²) in [6, 6.07) is 12.4. The summed E-state index contributed by atoms with van der Waals surface area (Å²) in [4.78, 5) is 46.3. The predicted molar refractivity (Wildman–Crippen MR) is 137 cm³/mol. The number of carbonyl (C=O) groups is 2. The number of nitrogens with zero attached hydrogens (tertiary/aromatic N) is 3. The molecule has 4 rings (SSSR count). The molecule has 0 unspecified atom stereocenters. The number of pyridine rings is 1. The number of ether oxygens (including phenoxy) is 1. The summed E-state index contributed by atoms with van der Waals surface area (Å²) in [6.07, 6.45) is -1.76. The van der Waals surface area contributed by atoms with Gasteiger partial charge in [-0.2, -0.15) is 13.2 Å². The minimum absolute atomic E-state index is 0.0206. The summed E-state index contributed by atoms with van der Waals surface area (Å²) in [6.45, 7) is 5.49. The lowest BCUT2D eigenvalue weighted by molar-refractivity contribution is -0.137. The van der Waals surface area contributed by atoms with Gasteiger partial charge in [0.05, 0.1) is 41.1 Å². The molecule has 1 N–H and O–H groups in total. The molecule has 0 saturated heterocycles. The third-order valence-corrected chi connectivity index (χ3v) is 5.62. The molecule has 39 heavy (non-hydrogen) atoms. The van der Waals surface area contributed by atoms with Crippen LogP contribution in [0.15, 0.2) is 71.9 Å². The Bertz CT molecular complexity index is 1570. The van der Waals surface area contributed by atoms with Crippen LogP contribution >= 0.6 is 0 Å². The Morgan fingerprint density at radius 2 is 1.59 bits per heavy atom. The smallest absolute Gasteiger partial charge is 0.416 e. The van der Waals surface area contributed by atoms with Crippen LogP contribution in [-0.4, -0.2) is 32.0 Å². The summed E-state index contributed by atoms with van der Waals surface area (Å²) in [7, 11) is 0. The maximum absolute atomic E-state index is 13.1. The fraction of sp³-hybridized carbons (Fsp3) is 0.250. The van der Waals surface area contributed by atoms with E-state index in [0.717, 1.165) is 17.7 Å². The molecule has 0 spiro atoms. The van der Waals surface area contributed by atoms with Gasteiger partial charge < -0.3 is 10.1 Å². The van der Waals surface area contributed by atoms with Crippen molar-refractivity contribution in [2.24, 2.45) is 0 Å². The van der Waals surface area contributed by atoms with Gasteiger partial charge in [0.25, 0.3) is 11.5 Å². The number of halogens is 3. The van der Waals surface area contributed by atoms with Gasteiger partial charge in [0.1, 0.15) is 11.3 Å². The summed E-state index contributed by atoms with van der Waals surface area (Å²) >= 11 is 0. The number of rotatable bonds is 6. The van der Waals surface area contributed by atoms with Crippen LogP contribution in [0.4, 0.5) is 13.2 Å². The molecule has 0 aliphatic heterocycles. The van der Waals surface area contributed by atoms with Gasteiger partial charge in [-0.05, 0) is 62.2 Å². The Balaban J connectivity index is 1.47. The van der Waals surface area contributed by atoms with Gasteiger partial charge in [0, 0.05) is 6.54 Å². The van der Waals surface area contributed by atoms with E-state index in [1.54, 1.807) is 45.0 Å². The van der Waals surface area contributed by atoms with E-state index in [9.17, 15) is 27.6 Å². The van der Waals surface area contributed by atoms with Crippen molar-refractivity contribution in [3.05, 3.63) is 105 Å². The molecular weight excluding hydrogens is 513 g/mol. The fourth-order valence-electron chi connectivity index (χ4n) is 3.66. The molecule has 0 aliphatic carbocycles. The minimum Gasteiger partial charge on any atom is -0.456 e. The Hall–Kier alpha value is -4.54. The molecule has 2 aromatic heterocycles. The highest BCUT2D eigenvalue weighted by Crippen LogP contribution is 2.29. The molecule has 0 fully saturated rings. The van der Waals surface area contributed by atoms with Crippen molar-refractivity contribution in [3.8, 4) is 0 Å². The lowest BCUT2D eigenvalue weighted by atomic mass is 10.1. The van der Waals surface area contributed by atoms with Crippen molar-refractivity contribution in [2.75, 3.05) is 0 Å². The molecule has 11 heteroatoms. The summed E-state index contributed by atoms with van der Waals surface area (Å²) in [5.41, 5.74) is 0.0753. The summed E-state index contributed by atoms with van der Waals surface area (Å²) in [5.74, 6) is -1.04. The highest BCUT2D eigenvalue weighted by molar-refractivity contribution is 5.95. The molecule has 2 aromatic carbocycles. The van der Waals surface area contributed by atoms with Gasteiger partial charge >= 0.3 is 12.1 Å². The van der Waals surface area contributed by atoms with Crippen LogP contribution in [0.5, 0.6) is 0 Å². The van der Waals surface area contributed by atoms with Gasteiger partial charge in [-0.1, -0.05) is 24.3 Å². The normalized spacial score (nSPS) is 11.8. The van der Waals surface area contributed by atoms with E-state index >= 15 is 0 Å². The summed E-state index contributed by atoms with van der Waals surface area (Å²) < 4.78 is 44.9. The standard InChI is InChI=1S/C28H25F3N4O4/c1-27(2,3)39-26(38)19-8-4-18(5-9-19)15-35-16-34-23-14-32-22(12-21(23)25(35)37)24(36)33-13-17-6-10-20(11-7-17)28(29,30)31/h4-12,14,16H,13,15H2,1-3H3,(H,33,36). The monoisotopic (exact) mass is 538 g/mol. The van der Waals surface area contributed by atoms with Crippen molar-refractivity contribution in [1.29, 1.82) is 0 Å². The number of nitrogens with one attached hydrogen (secondary N) is 1. The SMILES string of the molecule is CC(C)(C)OC(=O)c1ccc(Cn2cnc3cnc(C(=O)NCc4ccc(C(F)(F)F)cc4)cc3c2=O)cc1. The Labute approximate surface area is 221 Å². The van der Waals surface area contributed by atoms with Crippen LogP contribution in [0.1, 0.15) is 58.3 Å². The highest BCUT2D eigenvalue weighted by Gasteiger charge is 2.30. The van der Waals surface area contributed by atoms with Crippen molar-refractivity contribution in [2.45, 2.75) is 45.6 Å². The number of benzene rings is 2. The molecule has 0 atom stereocenters. The van der Waals surface area contributed by atoms with Gasteiger partial charge in [0.2, 0.25) is 0 Å². The molecule has 8 nitrogen and oxygen atoms in total. The van der Waals surface area contributed by atoms with Crippen LogP contribution in [0, 0.1) is 0 Å². The number of amides is 1. The Morgan fingerprint density at radius 1 is 0.949 bits per heavy atom. The number of alkyl halides is 3. The molecule has 0 aliphatic rings. The molecule has 0 radical (unpaired) electrons. The zero-order chi connectivity index (χ0) is 28.4. The molecule has 4 aromatic rings. The first-order valence-electron chi connectivity index (χ1n) is 11.9. The molecule has 202 valence electrons. The van der Waals surface area contributed by atoms with Crippen LogP contribution in [0.3, 0.4) is 0 Å². The first-order chi connectivity index (χ1) is 18.3. The Kier molecular flexibility index (Phi) is 7.53. The lowest BCUT2D eigenvalue weighted by Crippen LogP contribution is -2.25. The van der Waals surface area contributed by atoms with Gasteiger partial charge in [0.15, 0.2) is 0 Å². The van der Waals surface area contributed by atoms with Crippen molar-refractivity contribution < 1.29 is 27.5 Å². The minimum atomic E-state index is -4.44. The predicted octanol–water partition coefficient (Wildman–Crippen LogP) is 4.74. The van der Waals surface area contributed by atoms with Crippen LogP contribution in [0.25, 0.3) is 10.9 Å². The van der Waals surface area contributed by atoms with Crippen molar-refractivity contribution >= 4 is 22.8 Å². The third kappa shape index (κ3) is 6.86. The van der Waals surface area contributed by atoms with Gasteiger partial charge in [-0.3, -0.25) is 14.2 Å². The Morgan fingerprint density at radius 3 is 2.21 bits per heavy atom. The highest BCUT2D eigenvalue weighted by atomic mass is 19.4. The molecular formula is C28H25F3N4O4. The van der Waals surface area contributed by atoms with E-state index in [1.165, 1.54) is 35.3 Å². The van der Waals surface area contributed by atoms with Crippen molar-refractivity contribution in [1.82, 2.24) is 19.9 Å². The maximum atomic E-state index is 13.1. The molecule has 2 heterocycles. The molecule has 1 amide bonds. The number of esters is 1. The van der Waals surface area contributed by atoms with Crippen LogP contribution < -0.4 is 10.9 Å². The number of aromatic nitrogens is 3. The van der Waals surface area contributed by atoms with Gasteiger partial charge in [-0.25, -0.2) is 14.8 Å². The second kappa shape index (κ2) is 10.7. The number of carbonyl (C=O) groups excluding carboxylic acids is 2. The van der Waals surface area contributed by atoms with Crippen LogP contribution in [0.2, 0.25) is 0 Å². The van der Waals surface area contributed by atoms with E-state index < -0.39 is 34.8 Å². The molecule has 0 saturated carbocycles. The first-order valence-corrected chi connectivity index (χ1v) is 11.9. The maximum Gasteiger partial charge on any atom is 0.416 e. The number of fused-ring (bicyclic) bond motifs is 1. The van der Waals surface area contributed by atoms with Crippen molar-refractivity contribution in [3.63, 3.8) is 0 Å². The third-order valence-electron chi connectivity index (χ3n) is 5.62. The van der Waals surface area contributed by atoms with E-state index in [-0.39, 0.29) is 24.2 Å². The molecule has 0 bridgehead atoms. The van der Waals surface area contributed by atoms with E-state index in [4.69, 9.17) is 4.74 Å². The average molecular weight is 539 g/mol. The quantitative estimate of drug-likeness (QED) is 0.356. The van der Waals surface area contributed by atoms with Crippen LogP contribution in [-0.2, 0) is 24.0 Å². The van der Waals surface area contributed by atoms with E-state index in [2.05, 4.69) is 15.3 Å². The topological polar surface area (TPSA) is 103 Å².